The first kappa shape index (κ1) is 17.1. The number of fused-ring (bicyclic) bond motifs is 1. The Hall–Kier alpha value is -1.69. The van der Waals surface area contributed by atoms with E-state index in [4.69, 9.17) is 4.52 Å². The molecule has 2 aromatic heterocycles. The maximum absolute atomic E-state index is 12.6. The van der Waals surface area contributed by atoms with Crippen molar-refractivity contribution in [3.8, 4) is 0 Å². The molecule has 0 saturated heterocycles. The van der Waals surface area contributed by atoms with E-state index >= 15 is 0 Å². The van der Waals surface area contributed by atoms with E-state index in [1.54, 1.807) is 18.3 Å². The molecule has 3 rings (SSSR count). The minimum atomic E-state index is -0.177. The standard InChI is InChI=1S/C18H25N3O2S/c1-6-13-15(10(2)21-23-13)16(22)20-17-19-12-8-7-11(18(3,4)5)9-14(12)24-17/h11H,6-9H2,1-5H3,(H,19,20,22)/t11-/m0/s1. The number of hydrogen-bond donors (Lipinski definition) is 1. The third kappa shape index (κ3) is 3.24. The van der Waals surface area contributed by atoms with Crippen LogP contribution in [0.4, 0.5) is 5.13 Å². The van der Waals surface area contributed by atoms with Gasteiger partial charge in [-0.3, -0.25) is 10.1 Å². The van der Waals surface area contributed by atoms with Gasteiger partial charge in [-0.2, -0.15) is 0 Å². The lowest BCUT2D eigenvalue weighted by Crippen LogP contribution is -2.26. The third-order valence-electron chi connectivity index (χ3n) is 4.87. The largest absolute Gasteiger partial charge is 0.360 e. The molecule has 0 radical (unpaired) electrons. The van der Waals surface area contributed by atoms with Crippen LogP contribution in [0.25, 0.3) is 0 Å². The van der Waals surface area contributed by atoms with E-state index in [-0.39, 0.29) is 5.91 Å². The van der Waals surface area contributed by atoms with Gasteiger partial charge in [0.1, 0.15) is 11.3 Å². The summed E-state index contributed by atoms with van der Waals surface area (Å²) < 4.78 is 5.21. The van der Waals surface area contributed by atoms with Crippen molar-refractivity contribution in [1.82, 2.24) is 10.1 Å². The van der Waals surface area contributed by atoms with Crippen molar-refractivity contribution in [2.45, 2.75) is 60.3 Å². The molecule has 0 fully saturated rings. The second kappa shape index (κ2) is 6.31. The molecule has 0 unspecified atom stereocenters. The van der Waals surface area contributed by atoms with Crippen molar-refractivity contribution in [2.24, 2.45) is 11.3 Å². The number of nitrogens with zero attached hydrogens (tertiary/aromatic N) is 2. The van der Waals surface area contributed by atoms with Gasteiger partial charge in [0.05, 0.1) is 11.4 Å². The summed E-state index contributed by atoms with van der Waals surface area (Å²) in [4.78, 5) is 18.5. The Bertz CT molecular complexity index is 755. The number of thiazole rings is 1. The highest BCUT2D eigenvalue weighted by Crippen LogP contribution is 2.40. The topological polar surface area (TPSA) is 68.0 Å². The number of anilines is 1. The van der Waals surface area contributed by atoms with Crippen molar-refractivity contribution >= 4 is 22.4 Å². The van der Waals surface area contributed by atoms with Gasteiger partial charge in [-0.15, -0.1) is 11.3 Å². The zero-order valence-corrected chi connectivity index (χ0v) is 15.8. The molecular weight excluding hydrogens is 322 g/mol. The van der Waals surface area contributed by atoms with Crippen LogP contribution in [0, 0.1) is 18.3 Å². The summed E-state index contributed by atoms with van der Waals surface area (Å²) in [5.41, 5.74) is 2.62. The number of nitrogens with one attached hydrogen (secondary N) is 1. The van der Waals surface area contributed by atoms with Gasteiger partial charge >= 0.3 is 0 Å². The lowest BCUT2D eigenvalue weighted by atomic mass is 9.73. The minimum absolute atomic E-state index is 0.177. The van der Waals surface area contributed by atoms with Crippen LogP contribution < -0.4 is 5.32 Å². The van der Waals surface area contributed by atoms with Gasteiger partial charge in [0.2, 0.25) is 0 Å². The molecule has 0 spiro atoms. The second-order valence-electron chi connectivity index (χ2n) is 7.57. The van der Waals surface area contributed by atoms with E-state index < -0.39 is 0 Å². The van der Waals surface area contributed by atoms with Crippen LogP contribution in [0.2, 0.25) is 0 Å². The van der Waals surface area contributed by atoms with Crippen LogP contribution in [0.1, 0.15) is 66.5 Å². The summed E-state index contributed by atoms with van der Waals surface area (Å²) in [6.45, 7) is 10.6. The SMILES string of the molecule is CCc1onc(C)c1C(=O)Nc1nc2c(s1)C[C@@H](C(C)(C)C)CC2. The van der Waals surface area contributed by atoms with Gasteiger partial charge in [0.15, 0.2) is 5.13 Å². The average molecular weight is 347 g/mol. The summed E-state index contributed by atoms with van der Waals surface area (Å²) in [6.07, 6.45) is 3.86. The summed E-state index contributed by atoms with van der Waals surface area (Å²) in [5.74, 6) is 1.11. The smallest absolute Gasteiger partial charge is 0.262 e. The summed E-state index contributed by atoms with van der Waals surface area (Å²) in [7, 11) is 0. The highest BCUT2D eigenvalue weighted by atomic mass is 32.1. The Labute approximate surface area is 146 Å². The average Bonchev–Trinajstić information content (AvgIpc) is 3.07. The molecule has 1 amide bonds. The zero-order valence-electron chi connectivity index (χ0n) is 15.0. The van der Waals surface area contributed by atoms with Crippen molar-refractivity contribution in [3.05, 3.63) is 27.6 Å². The van der Waals surface area contributed by atoms with Crippen molar-refractivity contribution < 1.29 is 9.32 Å². The summed E-state index contributed by atoms with van der Waals surface area (Å²) in [5, 5.41) is 7.52. The van der Waals surface area contributed by atoms with E-state index in [1.165, 1.54) is 11.3 Å². The first-order chi connectivity index (χ1) is 11.3. The second-order valence-corrected chi connectivity index (χ2v) is 8.65. The molecule has 6 heteroatoms. The molecule has 0 aliphatic heterocycles. The number of hydrogen-bond acceptors (Lipinski definition) is 5. The number of rotatable bonds is 3. The number of carbonyl (C=O) groups is 1. The number of aryl methyl sites for hydroxylation is 3. The van der Waals surface area contributed by atoms with Crippen LogP contribution in [-0.4, -0.2) is 16.0 Å². The lowest BCUT2D eigenvalue weighted by molar-refractivity contribution is 0.102. The van der Waals surface area contributed by atoms with E-state index in [0.29, 0.717) is 39.9 Å². The highest BCUT2D eigenvalue weighted by molar-refractivity contribution is 7.15. The fourth-order valence-electron chi connectivity index (χ4n) is 3.28. The Morgan fingerprint density at radius 1 is 1.42 bits per heavy atom. The molecule has 1 aliphatic carbocycles. The maximum atomic E-state index is 12.6. The van der Waals surface area contributed by atoms with E-state index in [9.17, 15) is 4.79 Å². The van der Waals surface area contributed by atoms with Gasteiger partial charge < -0.3 is 4.52 Å². The molecular formula is C18H25N3O2S. The molecule has 2 heterocycles. The van der Waals surface area contributed by atoms with Gasteiger partial charge in [0.25, 0.3) is 5.91 Å². The normalized spacial score (nSPS) is 17.6. The Morgan fingerprint density at radius 2 is 2.17 bits per heavy atom. The van der Waals surface area contributed by atoms with Gasteiger partial charge in [0, 0.05) is 11.3 Å². The molecule has 24 heavy (non-hydrogen) atoms. The van der Waals surface area contributed by atoms with Crippen LogP contribution in [0.15, 0.2) is 4.52 Å². The molecule has 1 aliphatic rings. The molecule has 5 nitrogen and oxygen atoms in total. The van der Waals surface area contributed by atoms with Crippen molar-refractivity contribution in [1.29, 1.82) is 0 Å². The van der Waals surface area contributed by atoms with Crippen LogP contribution in [-0.2, 0) is 19.3 Å². The van der Waals surface area contributed by atoms with Gasteiger partial charge in [-0.05, 0) is 37.5 Å². The lowest BCUT2D eigenvalue weighted by Gasteiger charge is -2.33. The Morgan fingerprint density at radius 3 is 2.83 bits per heavy atom. The third-order valence-corrected chi connectivity index (χ3v) is 5.90. The molecule has 1 atom stereocenters. The monoisotopic (exact) mass is 347 g/mol. The zero-order chi connectivity index (χ0) is 17.5. The fourth-order valence-corrected chi connectivity index (χ4v) is 4.36. The quantitative estimate of drug-likeness (QED) is 0.893. The van der Waals surface area contributed by atoms with E-state index in [1.807, 2.05) is 6.92 Å². The Balaban J connectivity index is 1.77. The minimum Gasteiger partial charge on any atom is -0.360 e. The first-order valence-electron chi connectivity index (χ1n) is 8.54. The predicted molar refractivity (Wildman–Crippen MR) is 95.7 cm³/mol. The first-order valence-corrected chi connectivity index (χ1v) is 9.36. The maximum Gasteiger partial charge on any atom is 0.262 e. The molecule has 0 saturated carbocycles. The predicted octanol–water partition coefficient (Wildman–Crippen LogP) is 4.41. The molecule has 0 aromatic carbocycles. The molecule has 1 N–H and O–H groups in total. The number of aromatic nitrogens is 2. The highest BCUT2D eigenvalue weighted by Gasteiger charge is 2.31. The van der Waals surface area contributed by atoms with Gasteiger partial charge in [-0.25, -0.2) is 4.98 Å². The van der Waals surface area contributed by atoms with Crippen LogP contribution in [0.3, 0.4) is 0 Å². The molecule has 0 bridgehead atoms. The van der Waals surface area contributed by atoms with E-state index in [2.05, 4.69) is 36.2 Å². The molecule has 130 valence electrons. The fraction of sp³-hybridized carbons (Fsp3) is 0.611. The van der Waals surface area contributed by atoms with Crippen LogP contribution >= 0.6 is 11.3 Å². The summed E-state index contributed by atoms with van der Waals surface area (Å²) >= 11 is 1.61. The Kier molecular flexibility index (Phi) is 4.51. The van der Waals surface area contributed by atoms with Gasteiger partial charge in [-0.1, -0.05) is 32.9 Å². The summed E-state index contributed by atoms with van der Waals surface area (Å²) in [6, 6.07) is 0. The van der Waals surface area contributed by atoms with E-state index in [0.717, 1.165) is 18.5 Å². The van der Waals surface area contributed by atoms with Crippen molar-refractivity contribution in [2.75, 3.05) is 5.32 Å². The molecule has 2 aromatic rings. The van der Waals surface area contributed by atoms with Crippen LogP contribution in [0.5, 0.6) is 0 Å². The number of carbonyl (C=O) groups excluding carboxylic acids is 1. The number of amides is 1. The van der Waals surface area contributed by atoms with Crippen molar-refractivity contribution in [3.63, 3.8) is 0 Å².